The Morgan fingerprint density at radius 3 is 2.61 bits per heavy atom. The molecule has 1 aromatic carbocycles. The lowest BCUT2D eigenvalue weighted by Crippen LogP contribution is -2.40. The number of aromatic amines is 2. The fourth-order valence-corrected chi connectivity index (χ4v) is 3.98. The first-order valence-electron chi connectivity index (χ1n) is 10.9. The van der Waals surface area contributed by atoms with Crippen LogP contribution in [0.1, 0.15) is 34.5 Å². The molecule has 0 aliphatic carbocycles. The van der Waals surface area contributed by atoms with E-state index in [0.717, 1.165) is 22.5 Å². The lowest BCUT2D eigenvalue weighted by molar-refractivity contribution is 0.0546. The van der Waals surface area contributed by atoms with E-state index in [1.807, 2.05) is 48.6 Å². The van der Waals surface area contributed by atoms with Crippen molar-refractivity contribution in [1.29, 1.82) is 0 Å². The van der Waals surface area contributed by atoms with Crippen molar-refractivity contribution in [2.45, 2.75) is 18.9 Å². The molecule has 3 N–H and O–H groups in total. The molecular formula is C25H23N5O3. The molecule has 0 radical (unpaired) electrons. The molecule has 5 rings (SSSR count). The number of pyridine rings is 1. The molecule has 0 spiro atoms. The van der Waals surface area contributed by atoms with Crippen LogP contribution in [0.4, 0.5) is 0 Å². The number of H-pyrrole nitrogens is 2. The summed E-state index contributed by atoms with van der Waals surface area (Å²) < 4.78 is 0. The second-order valence-corrected chi connectivity index (χ2v) is 8.13. The molecule has 4 heterocycles. The van der Waals surface area contributed by atoms with Gasteiger partial charge in [-0.1, -0.05) is 18.2 Å². The van der Waals surface area contributed by atoms with E-state index >= 15 is 0 Å². The summed E-state index contributed by atoms with van der Waals surface area (Å²) >= 11 is 0. The predicted molar refractivity (Wildman–Crippen MR) is 126 cm³/mol. The smallest absolute Gasteiger partial charge is 0.260 e. The third-order valence-corrected chi connectivity index (χ3v) is 5.88. The first kappa shape index (κ1) is 20.8. The number of rotatable bonds is 4. The number of fused-ring (bicyclic) bond motifs is 1. The number of nitrogens with one attached hydrogen (secondary N) is 2. The van der Waals surface area contributed by atoms with E-state index in [0.29, 0.717) is 42.5 Å². The molecule has 1 fully saturated rings. The van der Waals surface area contributed by atoms with Crippen LogP contribution >= 0.6 is 0 Å². The first-order valence-corrected chi connectivity index (χ1v) is 10.9. The number of benzene rings is 1. The largest absolute Gasteiger partial charge is 0.393 e. The minimum absolute atomic E-state index is 0.00143. The van der Waals surface area contributed by atoms with Crippen LogP contribution in [0.25, 0.3) is 34.4 Å². The van der Waals surface area contributed by atoms with E-state index in [1.54, 1.807) is 17.2 Å². The van der Waals surface area contributed by atoms with Gasteiger partial charge in [0.05, 0.1) is 23.5 Å². The van der Waals surface area contributed by atoms with Crippen molar-refractivity contribution in [3.05, 3.63) is 82.2 Å². The third-order valence-electron chi connectivity index (χ3n) is 5.88. The van der Waals surface area contributed by atoms with Crippen LogP contribution < -0.4 is 5.56 Å². The summed E-state index contributed by atoms with van der Waals surface area (Å²) in [5, 5.41) is 10.1. The number of aliphatic hydroxyl groups is 1. The Balaban J connectivity index is 1.31. The second-order valence-electron chi connectivity index (χ2n) is 8.13. The fourth-order valence-electron chi connectivity index (χ4n) is 3.98. The normalized spacial score (nSPS) is 14.9. The average molecular weight is 441 g/mol. The molecule has 4 aromatic rings. The molecule has 0 saturated carbocycles. The quantitative estimate of drug-likeness (QED) is 0.450. The lowest BCUT2D eigenvalue weighted by atomic mass is 10.1. The number of nitrogens with zero attached hydrogens (tertiary/aromatic N) is 3. The van der Waals surface area contributed by atoms with Crippen molar-refractivity contribution >= 4 is 29.1 Å². The van der Waals surface area contributed by atoms with Crippen molar-refractivity contribution in [3.63, 3.8) is 0 Å². The van der Waals surface area contributed by atoms with Gasteiger partial charge in [-0.15, -0.1) is 0 Å². The number of hydrogen-bond acceptors (Lipinski definition) is 5. The van der Waals surface area contributed by atoms with E-state index in [9.17, 15) is 14.7 Å². The van der Waals surface area contributed by atoms with Gasteiger partial charge >= 0.3 is 0 Å². The monoisotopic (exact) mass is 441 g/mol. The zero-order valence-electron chi connectivity index (χ0n) is 17.9. The fraction of sp³-hybridized carbons (Fsp3) is 0.200. The maximum atomic E-state index is 12.6. The number of aromatic nitrogens is 4. The number of hydrogen-bond donors (Lipinski definition) is 3. The standard InChI is InChI=1S/C25H23N5O3/c31-20-8-11-30(12-9-20)25(33)17-4-1-16(2-5-17)3-6-19-13-18(7-10-26-19)22-14-21-23(29-22)27-15-28-24(21)32/h1-7,10,13-15,20,31H,8-9,11-12H2,(H2,27,28,29,32). The Morgan fingerprint density at radius 2 is 1.85 bits per heavy atom. The molecule has 1 saturated heterocycles. The molecule has 0 atom stereocenters. The van der Waals surface area contributed by atoms with Crippen LogP contribution in [-0.4, -0.2) is 55.0 Å². The molecule has 3 aromatic heterocycles. The van der Waals surface area contributed by atoms with Gasteiger partial charge in [-0.3, -0.25) is 14.6 Å². The van der Waals surface area contributed by atoms with Crippen LogP contribution in [-0.2, 0) is 0 Å². The number of piperidine rings is 1. The molecule has 8 heteroatoms. The number of carbonyl (C=O) groups excluding carboxylic acids is 1. The van der Waals surface area contributed by atoms with Crippen LogP contribution in [0.15, 0.2) is 59.8 Å². The number of amides is 1. The van der Waals surface area contributed by atoms with Crippen LogP contribution in [0, 0.1) is 0 Å². The molecule has 1 aliphatic heterocycles. The second kappa shape index (κ2) is 8.84. The highest BCUT2D eigenvalue weighted by atomic mass is 16.3. The van der Waals surface area contributed by atoms with E-state index in [4.69, 9.17) is 0 Å². The maximum Gasteiger partial charge on any atom is 0.260 e. The summed E-state index contributed by atoms with van der Waals surface area (Å²) in [5.74, 6) is -0.00143. The van der Waals surface area contributed by atoms with E-state index in [1.165, 1.54) is 6.33 Å². The van der Waals surface area contributed by atoms with E-state index in [-0.39, 0.29) is 17.6 Å². The van der Waals surface area contributed by atoms with Gasteiger partial charge in [0.15, 0.2) is 0 Å². The third kappa shape index (κ3) is 4.47. The Hall–Kier alpha value is -4.04. The van der Waals surface area contributed by atoms with E-state index < -0.39 is 0 Å². The molecule has 33 heavy (non-hydrogen) atoms. The van der Waals surface area contributed by atoms with Gasteiger partial charge in [0.1, 0.15) is 5.65 Å². The molecule has 0 unspecified atom stereocenters. The average Bonchev–Trinajstić information content (AvgIpc) is 3.29. The van der Waals surface area contributed by atoms with Crippen LogP contribution in [0.5, 0.6) is 0 Å². The van der Waals surface area contributed by atoms with Crippen molar-refractivity contribution in [2.24, 2.45) is 0 Å². The number of likely N-dealkylation sites (tertiary alicyclic amines) is 1. The minimum Gasteiger partial charge on any atom is -0.393 e. The van der Waals surface area contributed by atoms with E-state index in [2.05, 4.69) is 19.9 Å². The van der Waals surface area contributed by atoms with Gasteiger partial charge in [0.25, 0.3) is 11.5 Å². The highest BCUT2D eigenvalue weighted by Gasteiger charge is 2.22. The van der Waals surface area contributed by atoms with Gasteiger partial charge in [-0.05, 0) is 54.8 Å². The summed E-state index contributed by atoms with van der Waals surface area (Å²) in [6, 6.07) is 13.0. The van der Waals surface area contributed by atoms with Crippen molar-refractivity contribution < 1.29 is 9.90 Å². The highest BCUT2D eigenvalue weighted by Crippen LogP contribution is 2.22. The Morgan fingerprint density at radius 1 is 1.06 bits per heavy atom. The van der Waals surface area contributed by atoms with Gasteiger partial charge in [-0.25, -0.2) is 4.98 Å². The molecule has 1 amide bonds. The Bertz CT molecular complexity index is 1380. The first-order chi connectivity index (χ1) is 16.1. The molecule has 166 valence electrons. The lowest BCUT2D eigenvalue weighted by Gasteiger charge is -2.29. The van der Waals surface area contributed by atoms with Crippen molar-refractivity contribution in [3.8, 4) is 11.3 Å². The van der Waals surface area contributed by atoms with Crippen LogP contribution in [0.2, 0.25) is 0 Å². The molecule has 8 nitrogen and oxygen atoms in total. The van der Waals surface area contributed by atoms with Crippen molar-refractivity contribution in [1.82, 2.24) is 24.8 Å². The van der Waals surface area contributed by atoms with Gasteiger partial charge in [0.2, 0.25) is 0 Å². The maximum absolute atomic E-state index is 12.6. The summed E-state index contributed by atoms with van der Waals surface area (Å²) in [4.78, 5) is 40.7. The summed E-state index contributed by atoms with van der Waals surface area (Å²) in [6.07, 6.45) is 7.89. The van der Waals surface area contributed by atoms with Gasteiger partial charge in [0, 0.05) is 36.1 Å². The Kier molecular flexibility index (Phi) is 5.58. The number of aliphatic hydroxyl groups excluding tert-OH is 1. The van der Waals surface area contributed by atoms with Crippen LogP contribution in [0.3, 0.4) is 0 Å². The number of carbonyl (C=O) groups is 1. The van der Waals surface area contributed by atoms with Gasteiger partial charge < -0.3 is 20.0 Å². The predicted octanol–water partition coefficient (Wildman–Crippen LogP) is 3.08. The highest BCUT2D eigenvalue weighted by molar-refractivity contribution is 5.94. The van der Waals surface area contributed by atoms with Crippen molar-refractivity contribution in [2.75, 3.05) is 13.1 Å². The zero-order valence-corrected chi connectivity index (χ0v) is 17.9. The topological polar surface area (TPSA) is 115 Å². The molecule has 1 aliphatic rings. The zero-order chi connectivity index (χ0) is 22.8. The summed E-state index contributed by atoms with van der Waals surface area (Å²) in [5.41, 5.74) is 4.41. The molecule has 0 bridgehead atoms. The Labute approximate surface area is 189 Å². The summed E-state index contributed by atoms with van der Waals surface area (Å²) in [6.45, 7) is 1.18. The SMILES string of the molecule is O=C(c1ccc(C=Cc2cc(-c3cc4c(=O)[nH]cnc4[nH]3)ccn2)cc1)N1CCC(O)CC1. The van der Waals surface area contributed by atoms with Gasteiger partial charge in [-0.2, -0.15) is 0 Å². The minimum atomic E-state index is -0.302. The summed E-state index contributed by atoms with van der Waals surface area (Å²) in [7, 11) is 0. The molecular weight excluding hydrogens is 418 g/mol.